The van der Waals surface area contributed by atoms with Gasteiger partial charge in [0.05, 0.1) is 6.10 Å². The highest BCUT2D eigenvalue weighted by molar-refractivity contribution is 5.76. The smallest absolute Gasteiger partial charge is 0.347 e. The van der Waals surface area contributed by atoms with E-state index in [1.165, 1.54) is 17.0 Å². The Hall–Kier alpha value is -2.22. The van der Waals surface area contributed by atoms with Gasteiger partial charge in [0, 0.05) is 25.5 Å². The number of likely N-dealkylation sites (tertiary alicyclic amines) is 1. The summed E-state index contributed by atoms with van der Waals surface area (Å²) < 4.78 is 6.47. The third-order valence-corrected chi connectivity index (χ3v) is 3.33. The summed E-state index contributed by atoms with van der Waals surface area (Å²) in [5.41, 5.74) is -0.453. The van der Waals surface area contributed by atoms with Crippen molar-refractivity contribution in [2.45, 2.75) is 25.5 Å². The summed E-state index contributed by atoms with van der Waals surface area (Å²) in [6.45, 7) is 0.646. The van der Waals surface area contributed by atoms with Crippen LogP contribution in [0.15, 0.2) is 23.3 Å². The van der Waals surface area contributed by atoms with Gasteiger partial charge in [-0.1, -0.05) is 0 Å². The van der Waals surface area contributed by atoms with Crippen LogP contribution in [0.25, 0.3) is 0 Å². The molecule has 1 aromatic rings. The van der Waals surface area contributed by atoms with Crippen molar-refractivity contribution in [3.05, 3.63) is 28.9 Å². The molecule has 0 aliphatic carbocycles. The first kappa shape index (κ1) is 15.2. The van der Waals surface area contributed by atoms with E-state index in [2.05, 4.69) is 4.98 Å². The Labute approximate surface area is 121 Å². The zero-order chi connectivity index (χ0) is 15.2. The lowest BCUT2D eigenvalue weighted by molar-refractivity contribution is -0.147. The molecular weight excluding hydrogens is 278 g/mol. The fourth-order valence-electron chi connectivity index (χ4n) is 2.21. The van der Waals surface area contributed by atoms with Gasteiger partial charge in [-0.25, -0.2) is 14.6 Å². The number of amides is 1. The van der Waals surface area contributed by atoms with E-state index in [1.54, 1.807) is 11.0 Å². The van der Waals surface area contributed by atoms with Crippen molar-refractivity contribution in [3.63, 3.8) is 0 Å². The first-order valence-electron chi connectivity index (χ1n) is 6.69. The topological polar surface area (TPSA) is 102 Å². The molecule has 1 saturated heterocycles. The quantitative estimate of drug-likeness (QED) is 0.773. The van der Waals surface area contributed by atoms with Crippen LogP contribution < -0.4 is 5.69 Å². The van der Waals surface area contributed by atoms with Crippen molar-refractivity contribution < 1.29 is 19.4 Å². The minimum atomic E-state index is -0.996. The molecule has 0 spiro atoms. The van der Waals surface area contributed by atoms with Crippen molar-refractivity contribution >= 4 is 11.9 Å². The molecule has 114 valence electrons. The van der Waals surface area contributed by atoms with Crippen LogP contribution in [0.2, 0.25) is 0 Å². The minimum absolute atomic E-state index is 0.0344. The Kier molecular flexibility index (Phi) is 5.04. The highest BCUT2D eigenvalue weighted by Crippen LogP contribution is 2.14. The maximum atomic E-state index is 12.1. The number of carbonyl (C=O) groups is 2. The maximum absolute atomic E-state index is 12.1. The number of rotatable bonds is 5. The molecule has 1 N–H and O–H groups in total. The number of carboxylic acid groups (broad SMARTS) is 1. The number of hydrogen-bond acceptors (Lipinski definition) is 5. The van der Waals surface area contributed by atoms with E-state index in [1.807, 2.05) is 0 Å². The lowest BCUT2D eigenvalue weighted by Gasteiger charge is -2.31. The van der Waals surface area contributed by atoms with Gasteiger partial charge in [0.25, 0.3) is 0 Å². The molecule has 1 aliphatic rings. The molecular formula is C13H17N3O5. The fourth-order valence-corrected chi connectivity index (χ4v) is 2.21. The number of carboxylic acids is 1. The predicted octanol–water partition coefficient (Wildman–Crippen LogP) is -0.664. The van der Waals surface area contributed by atoms with E-state index in [-0.39, 0.29) is 25.2 Å². The second-order valence-electron chi connectivity index (χ2n) is 4.82. The number of ether oxygens (including phenoxy) is 1. The van der Waals surface area contributed by atoms with Crippen molar-refractivity contribution in [2.75, 3.05) is 19.7 Å². The Balaban J connectivity index is 1.82. The highest BCUT2D eigenvalue weighted by Gasteiger charge is 2.23. The van der Waals surface area contributed by atoms with Crippen LogP contribution in [0, 0.1) is 0 Å². The molecule has 2 heterocycles. The molecule has 1 fully saturated rings. The number of aromatic nitrogens is 2. The summed E-state index contributed by atoms with van der Waals surface area (Å²) in [6.07, 6.45) is 3.97. The predicted molar refractivity (Wildman–Crippen MR) is 71.7 cm³/mol. The van der Waals surface area contributed by atoms with Crippen LogP contribution in [-0.4, -0.2) is 57.2 Å². The lowest BCUT2D eigenvalue weighted by atomic mass is 10.1. The van der Waals surface area contributed by atoms with E-state index in [0.29, 0.717) is 25.9 Å². The summed E-state index contributed by atoms with van der Waals surface area (Å²) in [6, 6.07) is 1.60. The Morgan fingerprint density at radius 1 is 1.38 bits per heavy atom. The van der Waals surface area contributed by atoms with Gasteiger partial charge in [0.15, 0.2) is 0 Å². The van der Waals surface area contributed by atoms with E-state index < -0.39 is 11.7 Å². The molecule has 0 saturated carbocycles. The molecule has 0 aromatic carbocycles. The van der Waals surface area contributed by atoms with Gasteiger partial charge >= 0.3 is 11.7 Å². The van der Waals surface area contributed by atoms with E-state index in [4.69, 9.17) is 9.84 Å². The molecule has 21 heavy (non-hydrogen) atoms. The first-order chi connectivity index (χ1) is 10.1. The van der Waals surface area contributed by atoms with Gasteiger partial charge in [-0.2, -0.15) is 0 Å². The molecule has 0 radical (unpaired) electrons. The molecule has 0 unspecified atom stereocenters. The molecule has 8 nitrogen and oxygen atoms in total. The molecule has 1 aliphatic heterocycles. The van der Waals surface area contributed by atoms with Gasteiger partial charge in [-0.3, -0.25) is 9.36 Å². The summed E-state index contributed by atoms with van der Waals surface area (Å²) >= 11 is 0. The van der Waals surface area contributed by atoms with Crippen molar-refractivity contribution in [1.29, 1.82) is 0 Å². The first-order valence-corrected chi connectivity index (χ1v) is 6.69. The molecule has 0 bridgehead atoms. The van der Waals surface area contributed by atoms with Crippen molar-refractivity contribution in [3.8, 4) is 0 Å². The Morgan fingerprint density at radius 2 is 2.10 bits per heavy atom. The Bertz CT molecular complexity index is 563. The minimum Gasteiger partial charge on any atom is -0.480 e. The van der Waals surface area contributed by atoms with Crippen LogP contribution >= 0.6 is 0 Å². The SMILES string of the molecule is O=C(O)COC1CCN(C(=O)Cn2cccnc2=O)CC1. The zero-order valence-electron chi connectivity index (χ0n) is 11.5. The molecule has 0 atom stereocenters. The van der Waals surface area contributed by atoms with Gasteiger partial charge in [-0.05, 0) is 18.9 Å². The number of carbonyl (C=O) groups excluding carboxylic acids is 1. The average Bonchev–Trinajstić information content (AvgIpc) is 2.48. The standard InChI is InChI=1S/C13H17N3O5/c17-11(8-16-5-1-4-14-13(16)20)15-6-2-10(3-7-15)21-9-12(18)19/h1,4-5,10H,2-3,6-9H2,(H,18,19). The number of hydrogen-bond donors (Lipinski definition) is 1. The summed E-state index contributed by atoms with van der Waals surface area (Å²) in [4.78, 5) is 39.2. The number of aliphatic carboxylic acids is 1. The Morgan fingerprint density at radius 3 is 2.71 bits per heavy atom. The highest BCUT2D eigenvalue weighted by atomic mass is 16.5. The van der Waals surface area contributed by atoms with Crippen molar-refractivity contribution in [2.24, 2.45) is 0 Å². The number of nitrogens with zero attached hydrogens (tertiary/aromatic N) is 3. The van der Waals surface area contributed by atoms with Gasteiger partial charge in [-0.15, -0.1) is 0 Å². The van der Waals surface area contributed by atoms with Gasteiger partial charge < -0.3 is 14.7 Å². The number of piperidine rings is 1. The van der Waals surface area contributed by atoms with Crippen molar-refractivity contribution in [1.82, 2.24) is 14.5 Å². The van der Waals surface area contributed by atoms with Crippen LogP contribution in [0.5, 0.6) is 0 Å². The van der Waals surface area contributed by atoms with E-state index in [0.717, 1.165) is 0 Å². The summed E-state index contributed by atoms with van der Waals surface area (Å²) in [7, 11) is 0. The monoisotopic (exact) mass is 295 g/mol. The molecule has 1 aromatic heterocycles. The molecule has 1 amide bonds. The van der Waals surface area contributed by atoms with Crippen LogP contribution in [0.3, 0.4) is 0 Å². The van der Waals surface area contributed by atoms with Gasteiger partial charge in [0.2, 0.25) is 5.91 Å². The summed E-state index contributed by atoms with van der Waals surface area (Å²) in [5.74, 6) is -1.15. The third-order valence-electron chi connectivity index (χ3n) is 3.33. The zero-order valence-corrected chi connectivity index (χ0v) is 11.5. The van der Waals surface area contributed by atoms with E-state index >= 15 is 0 Å². The average molecular weight is 295 g/mol. The molecule has 8 heteroatoms. The second-order valence-corrected chi connectivity index (χ2v) is 4.82. The summed E-state index contributed by atoms with van der Waals surface area (Å²) in [5, 5.41) is 8.55. The lowest BCUT2D eigenvalue weighted by Crippen LogP contribution is -2.43. The largest absolute Gasteiger partial charge is 0.480 e. The second kappa shape index (κ2) is 6.98. The van der Waals surface area contributed by atoms with E-state index in [9.17, 15) is 14.4 Å². The van der Waals surface area contributed by atoms with Crippen LogP contribution in [-0.2, 0) is 20.9 Å². The molecule has 2 rings (SSSR count). The third kappa shape index (κ3) is 4.38. The normalized spacial score (nSPS) is 15.9. The van der Waals surface area contributed by atoms with Crippen LogP contribution in [0.1, 0.15) is 12.8 Å². The maximum Gasteiger partial charge on any atom is 0.347 e. The van der Waals surface area contributed by atoms with Gasteiger partial charge in [0.1, 0.15) is 13.2 Å². The fraction of sp³-hybridized carbons (Fsp3) is 0.538. The van der Waals surface area contributed by atoms with Crippen LogP contribution in [0.4, 0.5) is 0 Å².